The smallest absolute Gasteiger partial charge is 0.289 e. The van der Waals surface area contributed by atoms with E-state index in [4.69, 9.17) is 10.2 Å². The van der Waals surface area contributed by atoms with Crippen molar-refractivity contribution in [2.45, 2.75) is 26.7 Å². The van der Waals surface area contributed by atoms with Gasteiger partial charge >= 0.3 is 0 Å². The number of carbonyl (C=O) groups is 1. The van der Waals surface area contributed by atoms with Crippen molar-refractivity contribution in [3.8, 4) is 11.3 Å². The predicted molar refractivity (Wildman–Crippen MR) is 91.2 cm³/mol. The number of benzene rings is 1. The molecule has 0 bridgehead atoms. The zero-order valence-corrected chi connectivity index (χ0v) is 13.8. The summed E-state index contributed by atoms with van der Waals surface area (Å²) in [6, 6.07) is 11.9. The Morgan fingerprint density at radius 2 is 2.00 bits per heavy atom. The Bertz CT molecular complexity index is 690. The van der Waals surface area contributed by atoms with Crippen LogP contribution in [-0.2, 0) is 6.42 Å². The number of likely N-dealkylation sites (tertiary alicyclic amines) is 1. The van der Waals surface area contributed by atoms with Gasteiger partial charge in [-0.05, 0) is 42.5 Å². The maximum atomic E-state index is 12.6. The molecule has 1 fully saturated rings. The van der Waals surface area contributed by atoms with Crippen LogP contribution in [0.15, 0.2) is 40.8 Å². The second kappa shape index (κ2) is 6.20. The van der Waals surface area contributed by atoms with Crippen molar-refractivity contribution in [2.75, 3.05) is 19.6 Å². The number of rotatable bonds is 4. The summed E-state index contributed by atoms with van der Waals surface area (Å²) in [6.07, 6.45) is 1.96. The molecule has 2 aromatic rings. The molecule has 4 nitrogen and oxygen atoms in total. The molecular weight excluding hydrogens is 288 g/mol. The van der Waals surface area contributed by atoms with E-state index in [1.54, 1.807) is 6.07 Å². The van der Waals surface area contributed by atoms with E-state index in [1.165, 1.54) is 5.56 Å². The Hall–Kier alpha value is -2.07. The Morgan fingerprint density at radius 3 is 2.61 bits per heavy atom. The van der Waals surface area contributed by atoms with Crippen molar-refractivity contribution in [3.63, 3.8) is 0 Å². The summed E-state index contributed by atoms with van der Waals surface area (Å²) in [5.41, 5.74) is 8.12. The van der Waals surface area contributed by atoms with Crippen LogP contribution in [0.1, 0.15) is 36.4 Å². The number of furan rings is 1. The molecule has 2 N–H and O–H groups in total. The number of amides is 1. The quantitative estimate of drug-likeness (QED) is 0.942. The highest BCUT2D eigenvalue weighted by Crippen LogP contribution is 2.30. The first-order valence-corrected chi connectivity index (χ1v) is 8.23. The number of hydrogen-bond donors (Lipinski definition) is 1. The molecule has 0 aliphatic carbocycles. The fourth-order valence-electron chi connectivity index (χ4n) is 3.03. The van der Waals surface area contributed by atoms with E-state index in [2.05, 4.69) is 26.0 Å². The highest BCUT2D eigenvalue weighted by Gasteiger charge is 2.36. The molecule has 1 saturated heterocycles. The van der Waals surface area contributed by atoms with Crippen molar-refractivity contribution in [1.82, 2.24) is 4.90 Å². The molecule has 1 aliphatic heterocycles. The molecule has 23 heavy (non-hydrogen) atoms. The van der Waals surface area contributed by atoms with Crippen molar-refractivity contribution in [2.24, 2.45) is 11.1 Å². The molecule has 1 unspecified atom stereocenters. The van der Waals surface area contributed by atoms with Gasteiger partial charge in [0, 0.05) is 18.7 Å². The first-order chi connectivity index (χ1) is 11.0. The fraction of sp³-hybridized carbons (Fsp3) is 0.421. The third-order valence-electron chi connectivity index (χ3n) is 4.80. The van der Waals surface area contributed by atoms with Crippen molar-refractivity contribution >= 4 is 5.91 Å². The van der Waals surface area contributed by atoms with Crippen molar-refractivity contribution in [3.05, 3.63) is 47.7 Å². The molecule has 1 atom stereocenters. The lowest BCUT2D eigenvalue weighted by molar-refractivity contribution is 0.0746. The minimum absolute atomic E-state index is 0.0288. The topological polar surface area (TPSA) is 59.5 Å². The standard InChI is InChI=1S/C19H24N2O2/c1-3-14-4-6-15(7-5-14)16-8-9-17(23-16)18(22)21-11-10-19(2,12-20)13-21/h4-9H,3,10-13,20H2,1-2H3. The van der Waals surface area contributed by atoms with E-state index in [0.29, 0.717) is 18.8 Å². The second-order valence-corrected chi connectivity index (χ2v) is 6.71. The van der Waals surface area contributed by atoms with Gasteiger partial charge in [0.15, 0.2) is 5.76 Å². The van der Waals surface area contributed by atoms with Crippen LogP contribution in [0.5, 0.6) is 0 Å². The van der Waals surface area contributed by atoms with Crippen LogP contribution >= 0.6 is 0 Å². The van der Waals surface area contributed by atoms with Gasteiger partial charge in [0.1, 0.15) is 5.76 Å². The van der Waals surface area contributed by atoms with Gasteiger partial charge in [-0.15, -0.1) is 0 Å². The minimum Gasteiger partial charge on any atom is -0.451 e. The summed E-state index contributed by atoms with van der Waals surface area (Å²) in [6.45, 7) is 6.30. The number of nitrogens with zero attached hydrogens (tertiary/aromatic N) is 1. The average Bonchev–Trinajstić information content (AvgIpc) is 3.22. The van der Waals surface area contributed by atoms with Gasteiger partial charge in [-0.3, -0.25) is 4.79 Å². The van der Waals surface area contributed by atoms with Crippen LogP contribution in [-0.4, -0.2) is 30.4 Å². The maximum absolute atomic E-state index is 12.6. The first kappa shape index (κ1) is 15.8. The van der Waals surface area contributed by atoms with Gasteiger partial charge < -0.3 is 15.1 Å². The van der Waals surface area contributed by atoms with Crippen LogP contribution in [0.4, 0.5) is 0 Å². The lowest BCUT2D eigenvalue weighted by atomic mass is 9.90. The maximum Gasteiger partial charge on any atom is 0.289 e. The van der Waals surface area contributed by atoms with E-state index in [0.717, 1.165) is 30.7 Å². The molecule has 122 valence electrons. The van der Waals surface area contributed by atoms with E-state index < -0.39 is 0 Å². The number of nitrogens with two attached hydrogens (primary N) is 1. The van der Waals surface area contributed by atoms with Gasteiger partial charge in [-0.25, -0.2) is 0 Å². The minimum atomic E-state index is -0.0430. The Labute approximate surface area is 137 Å². The van der Waals surface area contributed by atoms with Crippen molar-refractivity contribution < 1.29 is 9.21 Å². The monoisotopic (exact) mass is 312 g/mol. The van der Waals surface area contributed by atoms with Crippen LogP contribution in [0, 0.1) is 5.41 Å². The van der Waals surface area contributed by atoms with E-state index >= 15 is 0 Å². The number of carbonyl (C=O) groups excluding carboxylic acids is 1. The largest absolute Gasteiger partial charge is 0.451 e. The van der Waals surface area contributed by atoms with Crippen molar-refractivity contribution in [1.29, 1.82) is 0 Å². The van der Waals surface area contributed by atoms with Crippen LogP contribution < -0.4 is 5.73 Å². The highest BCUT2D eigenvalue weighted by molar-refractivity contribution is 5.92. The summed E-state index contributed by atoms with van der Waals surface area (Å²) in [5.74, 6) is 1.09. The van der Waals surface area contributed by atoms with Crippen LogP contribution in [0.25, 0.3) is 11.3 Å². The summed E-state index contributed by atoms with van der Waals surface area (Å²) in [5, 5.41) is 0. The Kier molecular flexibility index (Phi) is 4.26. The molecule has 1 aromatic heterocycles. The van der Waals surface area contributed by atoms with E-state index in [9.17, 15) is 4.79 Å². The molecule has 3 rings (SSSR count). The normalized spacial score (nSPS) is 20.9. The Morgan fingerprint density at radius 1 is 1.26 bits per heavy atom. The third kappa shape index (κ3) is 3.17. The second-order valence-electron chi connectivity index (χ2n) is 6.71. The first-order valence-electron chi connectivity index (χ1n) is 8.23. The van der Waals surface area contributed by atoms with Gasteiger partial charge in [0.2, 0.25) is 0 Å². The van der Waals surface area contributed by atoms with Gasteiger partial charge in [-0.2, -0.15) is 0 Å². The van der Waals surface area contributed by atoms with E-state index in [-0.39, 0.29) is 11.3 Å². The molecule has 0 saturated carbocycles. The molecule has 4 heteroatoms. The molecule has 0 spiro atoms. The Balaban J connectivity index is 1.75. The lowest BCUT2D eigenvalue weighted by Crippen LogP contribution is -2.34. The average molecular weight is 312 g/mol. The van der Waals surface area contributed by atoms with Crippen LogP contribution in [0.2, 0.25) is 0 Å². The molecule has 2 heterocycles. The molecular formula is C19H24N2O2. The molecule has 1 aliphatic rings. The summed E-state index contributed by atoms with van der Waals surface area (Å²) in [7, 11) is 0. The van der Waals surface area contributed by atoms with Gasteiger partial charge in [0.25, 0.3) is 5.91 Å². The van der Waals surface area contributed by atoms with Gasteiger partial charge in [0.05, 0.1) is 0 Å². The molecule has 1 amide bonds. The SMILES string of the molecule is CCc1ccc(-c2ccc(C(=O)N3CCC(C)(CN)C3)o2)cc1. The zero-order valence-electron chi connectivity index (χ0n) is 13.8. The highest BCUT2D eigenvalue weighted by atomic mass is 16.4. The predicted octanol–water partition coefficient (Wildman–Crippen LogP) is 3.32. The van der Waals surface area contributed by atoms with E-state index in [1.807, 2.05) is 23.1 Å². The summed E-state index contributed by atoms with van der Waals surface area (Å²) >= 11 is 0. The lowest BCUT2D eigenvalue weighted by Gasteiger charge is -2.21. The summed E-state index contributed by atoms with van der Waals surface area (Å²) < 4.78 is 5.80. The number of hydrogen-bond acceptors (Lipinski definition) is 3. The molecule has 0 radical (unpaired) electrons. The van der Waals surface area contributed by atoms with Crippen LogP contribution in [0.3, 0.4) is 0 Å². The summed E-state index contributed by atoms with van der Waals surface area (Å²) in [4.78, 5) is 14.4. The number of aryl methyl sites for hydroxylation is 1. The third-order valence-corrected chi connectivity index (χ3v) is 4.80. The zero-order chi connectivity index (χ0) is 16.4. The van der Waals surface area contributed by atoms with Gasteiger partial charge in [-0.1, -0.05) is 38.1 Å². The fourth-order valence-corrected chi connectivity index (χ4v) is 3.03. The molecule has 1 aromatic carbocycles.